The minimum absolute atomic E-state index is 0.0146. The van der Waals surface area contributed by atoms with Gasteiger partial charge in [-0.25, -0.2) is 29.1 Å². The number of anilines is 1. The highest BCUT2D eigenvalue weighted by Gasteiger charge is 2.49. The number of fused-ring (bicyclic) bond motifs is 4. The van der Waals surface area contributed by atoms with E-state index in [1.807, 2.05) is 60.8 Å². The van der Waals surface area contributed by atoms with Crippen LogP contribution in [0.1, 0.15) is 49.3 Å². The molecule has 4 heterocycles. The molecule has 0 radical (unpaired) electrons. The Morgan fingerprint density at radius 2 is 1.44 bits per heavy atom. The predicted molar refractivity (Wildman–Crippen MR) is 232 cm³/mol. The van der Waals surface area contributed by atoms with Crippen LogP contribution in [0.2, 0.25) is 9.49 Å². The molecule has 0 amide bonds. The molecule has 3 aliphatic rings. The van der Waals surface area contributed by atoms with Crippen molar-refractivity contribution in [3.63, 3.8) is 0 Å². The van der Waals surface area contributed by atoms with E-state index in [0.29, 0.717) is 25.9 Å². The summed E-state index contributed by atoms with van der Waals surface area (Å²) in [6, 6.07) is 33.2. The Kier molecular flexibility index (Phi) is 11.4. The molecule has 3 aliphatic carbocycles. The van der Waals surface area contributed by atoms with Crippen LogP contribution in [0.25, 0.3) is 33.1 Å². The van der Waals surface area contributed by atoms with E-state index in [4.69, 9.17) is 57.3 Å². The zero-order chi connectivity index (χ0) is 42.1. The number of rotatable bonds is 12. The third-order valence-corrected chi connectivity index (χ3v) is 13.2. The Bertz CT molecular complexity index is 2600. The van der Waals surface area contributed by atoms with Crippen LogP contribution in [0.4, 0.5) is 15.0 Å². The van der Waals surface area contributed by atoms with Crippen molar-refractivity contribution in [2.45, 2.75) is 44.2 Å². The second-order valence-corrected chi connectivity index (χ2v) is 17.1. The number of thiophene rings is 1. The Hall–Kier alpha value is -5.89. The van der Waals surface area contributed by atoms with Gasteiger partial charge in [-0.3, -0.25) is 4.79 Å². The molecular weight excluding hydrogens is 839 g/mol. The molecule has 7 aromatic rings. The summed E-state index contributed by atoms with van der Waals surface area (Å²) in [4.78, 5) is 45.6. The molecule has 61 heavy (non-hydrogen) atoms. The van der Waals surface area contributed by atoms with E-state index in [1.54, 1.807) is 19.1 Å². The largest absolute Gasteiger partial charge is 0.511 e. The zero-order valence-electron chi connectivity index (χ0n) is 32.8. The van der Waals surface area contributed by atoms with Gasteiger partial charge in [0.25, 0.3) is 0 Å². The molecule has 0 saturated heterocycles. The van der Waals surface area contributed by atoms with Gasteiger partial charge in [0, 0.05) is 12.2 Å². The SMILES string of the molecule is CCOC(=O)OCOC(=O)[C@H]1C2CCC(CC2)[C@@H]1Nc1nc(-c2cn(C(c3ccccc3)(c3ccccc3)c3ccccc3)c3ncc(Cl)nc23)nc(-c2ccc(Cl)s2)c1F. The van der Waals surface area contributed by atoms with Gasteiger partial charge in [-0.2, -0.15) is 0 Å². The van der Waals surface area contributed by atoms with E-state index in [9.17, 15) is 9.59 Å². The monoisotopic (exact) mass is 876 g/mol. The van der Waals surface area contributed by atoms with Gasteiger partial charge < -0.3 is 24.1 Å². The molecule has 4 aromatic heterocycles. The summed E-state index contributed by atoms with van der Waals surface area (Å²) in [5.41, 5.74) is 3.18. The second kappa shape index (κ2) is 17.2. The molecule has 0 spiro atoms. The zero-order valence-corrected chi connectivity index (χ0v) is 35.2. The number of hydrogen-bond acceptors (Lipinski definition) is 11. The number of carbonyl (C=O) groups is 2. The normalized spacial score (nSPS) is 18.5. The maximum Gasteiger partial charge on any atom is 0.511 e. The van der Waals surface area contributed by atoms with Crippen molar-refractivity contribution in [3.8, 4) is 22.0 Å². The van der Waals surface area contributed by atoms with E-state index >= 15 is 4.39 Å². The van der Waals surface area contributed by atoms with Crippen LogP contribution in [0.15, 0.2) is 116 Å². The molecule has 11 nitrogen and oxygen atoms in total. The molecule has 2 atom stereocenters. The van der Waals surface area contributed by atoms with Gasteiger partial charge in [0.2, 0.25) is 6.79 Å². The van der Waals surface area contributed by atoms with Crippen molar-refractivity contribution in [3.05, 3.63) is 148 Å². The second-order valence-electron chi connectivity index (χ2n) is 15.0. The third kappa shape index (κ3) is 7.59. The number of carbonyl (C=O) groups excluding carboxylic acids is 2. The van der Waals surface area contributed by atoms with Crippen molar-refractivity contribution < 1.29 is 28.2 Å². The van der Waals surface area contributed by atoms with Gasteiger partial charge in [0.1, 0.15) is 21.9 Å². The third-order valence-electron chi connectivity index (χ3n) is 11.7. The van der Waals surface area contributed by atoms with Crippen molar-refractivity contribution in [1.29, 1.82) is 0 Å². The van der Waals surface area contributed by atoms with E-state index in [1.165, 1.54) is 17.5 Å². The summed E-state index contributed by atoms with van der Waals surface area (Å²) in [7, 11) is 0. The Morgan fingerprint density at radius 3 is 2.03 bits per heavy atom. The average molecular weight is 878 g/mol. The lowest BCUT2D eigenvalue weighted by molar-refractivity contribution is -0.164. The van der Waals surface area contributed by atoms with Gasteiger partial charge in [0.15, 0.2) is 23.1 Å². The van der Waals surface area contributed by atoms with E-state index in [0.717, 1.165) is 42.4 Å². The number of esters is 1. The molecular formula is C46H39Cl2FN6O5S. The van der Waals surface area contributed by atoms with Gasteiger partial charge in [-0.1, -0.05) is 114 Å². The fraction of sp³-hybridized carbons (Fsp3) is 0.261. The minimum atomic E-state index is -1.00. The topological polar surface area (TPSA) is 130 Å². The van der Waals surface area contributed by atoms with Crippen LogP contribution in [0.5, 0.6) is 0 Å². The number of nitrogens with zero attached hydrogens (tertiary/aromatic N) is 5. The standard InChI is InChI=1S/C46H39Cl2FN6O5S/c1-2-58-45(57)60-26-59-44(56)36-27-18-20-28(21-19-27)38(36)52-42-37(49)40(33-22-23-35(48)61-33)53-41(54-42)32-25-55(43-39(32)51-34(47)24-50-43)46(29-12-6-3-7-13-29,30-14-8-4-9-15-30)31-16-10-5-11-17-31/h3-17,22-25,27-28,36,38H,2,18-21,26H2,1H3,(H,52,53,54)/t27?,28?,36-,38-/m0/s1. The molecule has 0 aliphatic heterocycles. The van der Waals surface area contributed by atoms with Crippen LogP contribution in [-0.2, 0) is 24.5 Å². The molecule has 15 heteroatoms. The van der Waals surface area contributed by atoms with E-state index < -0.39 is 42.2 Å². The highest BCUT2D eigenvalue weighted by atomic mass is 35.5. The number of ether oxygens (including phenoxy) is 3. The average Bonchev–Trinajstić information content (AvgIpc) is 3.89. The van der Waals surface area contributed by atoms with Crippen LogP contribution >= 0.6 is 34.5 Å². The molecule has 3 aromatic carbocycles. The van der Waals surface area contributed by atoms with Crippen molar-refractivity contribution in [1.82, 2.24) is 24.5 Å². The number of aromatic nitrogens is 5. The number of nitrogens with one attached hydrogen (secondary N) is 1. The first-order valence-electron chi connectivity index (χ1n) is 20.0. The quantitative estimate of drug-likeness (QED) is 0.0719. The summed E-state index contributed by atoms with van der Waals surface area (Å²) in [5, 5.41) is 3.52. The van der Waals surface area contributed by atoms with Crippen LogP contribution < -0.4 is 5.32 Å². The number of benzene rings is 3. The predicted octanol–water partition coefficient (Wildman–Crippen LogP) is 10.8. The highest BCUT2D eigenvalue weighted by Crippen LogP contribution is 2.48. The molecule has 2 bridgehead atoms. The molecule has 0 unspecified atom stereocenters. The lowest BCUT2D eigenvalue weighted by Crippen LogP contribution is -2.52. The van der Waals surface area contributed by atoms with Crippen LogP contribution in [-0.4, -0.2) is 56.1 Å². The van der Waals surface area contributed by atoms with Crippen LogP contribution in [0, 0.1) is 23.6 Å². The molecule has 10 rings (SSSR count). The lowest BCUT2D eigenvalue weighted by atomic mass is 9.61. The fourth-order valence-electron chi connectivity index (χ4n) is 9.16. The molecule has 310 valence electrons. The fourth-order valence-corrected chi connectivity index (χ4v) is 10.3. The summed E-state index contributed by atoms with van der Waals surface area (Å²) >= 11 is 14.2. The van der Waals surface area contributed by atoms with E-state index in [-0.39, 0.29) is 40.9 Å². The molecule has 3 fully saturated rings. The maximum atomic E-state index is 17.1. The Morgan fingerprint density at radius 1 is 0.820 bits per heavy atom. The summed E-state index contributed by atoms with van der Waals surface area (Å²) in [6.45, 7) is 1.16. The molecule has 1 N–H and O–H groups in total. The van der Waals surface area contributed by atoms with Gasteiger partial charge >= 0.3 is 12.1 Å². The van der Waals surface area contributed by atoms with Crippen molar-refractivity contribution in [2.75, 3.05) is 18.7 Å². The number of halogens is 3. The Balaban J connectivity index is 1.22. The van der Waals surface area contributed by atoms with Crippen molar-refractivity contribution >= 4 is 63.6 Å². The van der Waals surface area contributed by atoms with Gasteiger partial charge in [0.05, 0.1) is 33.5 Å². The van der Waals surface area contributed by atoms with Crippen molar-refractivity contribution in [2.24, 2.45) is 17.8 Å². The summed E-state index contributed by atoms with van der Waals surface area (Å²) in [6.07, 6.45) is 5.75. The Labute approximate surface area is 364 Å². The maximum absolute atomic E-state index is 17.1. The first-order chi connectivity index (χ1) is 29.8. The summed E-state index contributed by atoms with van der Waals surface area (Å²) < 4.78 is 34.9. The smallest absolute Gasteiger partial charge is 0.435 e. The lowest BCUT2D eigenvalue weighted by Gasteiger charge is -2.47. The minimum Gasteiger partial charge on any atom is -0.435 e. The number of hydrogen-bond donors (Lipinski definition) is 1. The van der Waals surface area contributed by atoms with Crippen LogP contribution in [0.3, 0.4) is 0 Å². The van der Waals surface area contributed by atoms with E-state index in [2.05, 4.69) is 46.3 Å². The van der Waals surface area contributed by atoms with Gasteiger partial charge in [-0.05, 0) is 73.3 Å². The molecule has 3 saturated carbocycles. The first kappa shape index (κ1) is 40.5. The van der Waals surface area contributed by atoms with Gasteiger partial charge in [-0.15, -0.1) is 11.3 Å². The summed E-state index contributed by atoms with van der Waals surface area (Å²) in [5.74, 6) is -1.89. The first-order valence-corrected chi connectivity index (χ1v) is 21.6. The highest BCUT2D eigenvalue weighted by molar-refractivity contribution is 7.19.